The van der Waals surface area contributed by atoms with E-state index in [2.05, 4.69) is 5.32 Å². The van der Waals surface area contributed by atoms with Crippen molar-refractivity contribution in [2.45, 2.75) is 20.8 Å². The highest BCUT2D eigenvalue weighted by atomic mass is 19.1. The van der Waals surface area contributed by atoms with Gasteiger partial charge in [-0.25, -0.2) is 4.39 Å². The third-order valence-corrected chi connectivity index (χ3v) is 4.51. The van der Waals surface area contributed by atoms with Crippen LogP contribution >= 0.6 is 0 Å². The van der Waals surface area contributed by atoms with Gasteiger partial charge in [0.2, 0.25) is 5.91 Å². The number of allylic oxidation sites excluding steroid dienone is 1. The molecule has 0 aliphatic heterocycles. The number of nitrogens with one attached hydrogen (secondary N) is 1. The normalized spacial score (nSPS) is 11.7. The first-order valence-corrected chi connectivity index (χ1v) is 8.80. The summed E-state index contributed by atoms with van der Waals surface area (Å²) in [6, 6.07) is 8.25. The zero-order valence-electron chi connectivity index (χ0n) is 15.9. The maximum atomic E-state index is 13.3. The fourth-order valence-electron chi connectivity index (χ4n) is 3.14. The van der Waals surface area contributed by atoms with Crippen LogP contribution in [0.5, 0.6) is 5.75 Å². The Kier molecular flexibility index (Phi) is 5.31. The van der Waals surface area contributed by atoms with Crippen molar-refractivity contribution in [3.63, 3.8) is 0 Å². The number of carbonyl (C=O) groups excluding carboxylic acids is 1. The number of rotatable bonds is 5. The largest absolute Gasteiger partial charge is 0.493 e. The number of hydrogen-bond acceptors (Lipinski definition) is 3. The molecule has 0 saturated carbocycles. The summed E-state index contributed by atoms with van der Waals surface area (Å²) in [5, 5.41) is 3.49. The first-order chi connectivity index (χ1) is 13.0. The second kappa shape index (κ2) is 7.66. The third-order valence-electron chi connectivity index (χ3n) is 4.51. The van der Waals surface area contributed by atoms with E-state index >= 15 is 0 Å². The summed E-state index contributed by atoms with van der Waals surface area (Å²) in [4.78, 5) is 11.8. The van der Waals surface area contributed by atoms with Gasteiger partial charge in [0.25, 0.3) is 0 Å². The molecule has 0 unspecified atom stereocenters. The highest BCUT2D eigenvalue weighted by Gasteiger charge is 2.19. The van der Waals surface area contributed by atoms with Crippen molar-refractivity contribution in [3.8, 4) is 16.9 Å². The number of ether oxygens (including phenoxy) is 1. The summed E-state index contributed by atoms with van der Waals surface area (Å²) < 4.78 is 25.0. The molecule has 5 heteroatoms. The van der Waals surface area contributed by atoms with Crippen LogP contribution in [0.1, 0.15) is 25.0 Å². The summed E-state index contributed by atoms with van der Waals surface area (Å²) in [6.45, 7) is 6.22. The lowest BCUT2D eigenvalue weighted by atomic mass is 9.96. The fourth-order valence-corrected chi connectivity index (χ4v) is 3.14. The molecule has 0 spiro atoms. The van der Waals surface area contributed by atoms with Crippen molar-refractivity contribution in [2.24, 2.45) is 0 Å². The Morgan fingerprint density at radius 3 is 2.63 bits per heavy atom. The van der Waals surface area contributed by atoms with Crippen LogP contribution in [-0.2, 0) is 4.79 Å². The van der Waals surface area contributed by atoms with Gasteiger partial charge in [0.1, 0.15) is 17.1 Å². The molecular formula is C22H22FNO3. The van der Waals surface area contributed by atoms with Crippen LogP contribution in [0.3, 0.4) is 0 Å². The van der Waals surface area contributed by atoms with Crippen molar-refractivity contribution in [1.82, 2.24) is 5.32 Å². The van der Waals surface area contributed by atoms with Gasteiger partial charge in [-0.2, -0.15) is 0 Å². The smallest absolute Gasteiger partial charge is 0.244 e. The van der Waals surface area contributed by atoms with E-state index in [1.807, 2.05) is 26.8 Å². The van der Waals surface area contributed by atoms with Crippen molar-refractivity contribution in [1.29, 1.82) is 0 Å². The molecule has 1 N–H and O–H groups in total. The molecule has 3 aromatic rings. The van der Waals surface area contributed by atoms with Gasteiger partial charge in [-0.1, -0.05) is 12.1 Å². The highest BCUT2D eigenvalue weighted by Crippen LogP contribution is 2.40. The van der Waals surface area contributed by atoms with Gasteiger partial charge in [-0.15, -0.1) is 0 Å². The number of benzene rings is 2. The van der Waals surface area contributed by atoms with Crippen molar-refractivity contribution in [2.75, 3.05) is 13.7 Å². The lowest BCUT2D eigenvalue weighted by Crippen LogP contribution is -2.14. The van der Waals surface area contributed by atoms with Gasteiger partial charge in [0.05, 0.1) is 12.9 Å². The molecule has 1 aromatic heterocycles. The van der Waals surface area contributed by atoms with Gasteiger partial charge >= 0.3 is 0 Å². The number of hydrogen-bond donors (Lipinski definition) is 1. The number of likely N-dealkylation sites (N-methyl/N-ethyl adjacent to an activating group) is 1. The molecule has 4 nitrogen and oxygen atoms in total. The Morgan fingerprint density at radius 2 is 2.00 bits per heavy atom. The van der Waals surface area contributed by atoms with Crippen LogP contribution in [0.2, 0.25) is 0 Å². The van der Waals surface area contributed by atoms with Gasteiger partial charge in [-0.3, -0.25) is 4.79 Å². The number of fused-ring (bicyclic) bond motifs is 1. The first-order valence-electron chi connectivity index (χ1n) is 8.80. The summed E-state index contributed by atoms with van der Waals surface area (Å²) in [5.41, 5.74) is 4.92. The van der Waals surface area contributed by atoms with E-state index in [0.29, 0.717) is 17.9 Å². The van der Waals surface area contributed by atoms with Crippen LogP contribution in [0.15, 0.2) is 47.1 Å². The summed E-state index contributed by atoms with van der Waals surface area (Å²) in [7, 11) is 1.59. The standard InChI is InChI=1S/C22H22FNO3/c1-5-26-21-14(3)22-18(11-17(21)13(2)10-20(25)24-4)19(12-27-22)15-6-8-16(23)9-7-15/h6-12H,5H2,1-4H3,(H,24,25)/b13-10+. The number of carbonyl (C=O) groups is 1. The highest BCUT2D eigenvalue weighted by molar-refractivity contribution is 6.01. The molecule has 0 saturated heterocycles. The topological polar surface area (TPSA) is 51.5 Å². The minimum atomic E-state index is -0.286. The molecule has 0 aliphatic rings. The molecule has 0 bridgehead atoms. The minimum Gasteiger partial charge on any atom is -0.493 e. The zero-order valence-corrected chi connectivity index (χ0v) is 15.9. The van der Waals surface area contributed by atoms with Gasteiger partial charge < -0.3 is 14.5 Å². The maximum Gasteiger partial charge on any atom is 0.244 e. The van der Waals surface area contributed by atoms with E-state index in [4.69, 9.17) is 9.15 Å². The van der Waals surface area contributed by atoms with Crippen LogP contribution in [0.4, 0.5) is 4.39 Å². The van der Waals surface area contributed by atoms with Gasteiger partial charge in [-0.05, 0) is 50.1 Å². The van der Waals surface area contributed by atoms with Crippen LogP contribution < -0.4 is 10.1 Å². The fraction of sp³-hybridized carbons (Fsp3) is 0.227. The molecule has 1 heterocycles. The predicted molar refractivity (Wildman–Crippen MR) is 105 cm³/mol. The Hall–Kier alpha value is -3.08. The number of aryl methyl sites for hydroxylation is 1. The molecule has 0 radical (unpaired) electrons. The zero-order chi connectivity index (χ0) is 19.6. The minimum absolute atomic E-state index is 0.182. The molecular weight excluding hydrogens is 345 g/mol. The van der Waals surface area contributed by atoms with Crippen molar-refractivity contribution in [3.05, 3.63) is 59.6 Å². The average molecular weight is 367 g/mol. The van der Waals surface area contributed by atoms with E-state index in [-0.39, 0.29) is 11.7 Å². The molecule has 1 amide bonds. The van der Waals surface area contributed by atoms with Crippen molar-refractivity contribution >= 4 is 22.4 Å². The second-order valence-electron chi connectivity index (χ2n) is 6.29. The maximum absolute atomic E-state index is 13.3. The van der Waals surface area contributed by atoms with Crippen LogP contribution in [0.25, 0.3) is 27.7 Å². The predicted octanol–water partition coefficient (Wildman–Crippen LogP) is 5.10. The number of halogens is 1. The number of amides is 1. The van der Waals surface area contributed by atoms with Gasteiger partial charge in [0.15, 0.2) is 0 Å². The summed E-state index contributed by atoms with van der Waals surface area (Å²) in [6.07, 6.45) is 3.21. The SMILES string of the molecule is CCOc1c(/C(C)=C/C(=O)NC)cc2c(-c3ccc(F)cc3)coc2c1C. The number of furan rings is 1. The Bertz CT molecular complexity index is 1020. The second-order valence-corrected chi connectivity index (χ2v) is 6.29. The Labute approximate surface area is 157 Å². The van der Waals surface area contributed by atoms with Gasteiger partial charge in [0, 0.05) is 35.2 Å². The monoisotopic (exact) mass is 367 g/mol. The molecule has 0 fully saturated rings. The molecule has 0 atom stereocenters. The average Bonchev–Trinajstić information content (AvgIpc) is 3.08. The molecule has 3 rings (SSSR count). The summed E-state index contributed by atoms with van der Waals surface area (Å²) in [5.74, 6) is 0.229. The Morgan fingerprint density at radius 1 is 1.30 bits per heavy atom. The molecule has 140 valence electrons. The molecule has 0 aliphatic carbocycles. The van der Waals surface area contributed by atoms with E-state index in [1.165, 1.54) is 12.1 Å². The molecule has 2 aromatic carbocycles. The van der Waals surface area contributed by atoms with E-state index in [1.54, 1.807) is 31.5 Å². The van der Waals surface area contributed by atoms with Crippen LogP contribution in [-0.4, -0.2) is 19.6 Å². The third kappa shape index (κ3) is 3.58. The lowest BCUT2D eigenvalue weighted by molar-refractivity contribution is -0.116. The lowest BCUT2D eigenvalue weighted by Gasteiger charge is -2.14. The van der Waals surface area contributed by atoms with E-state index < -0.39 is 0 Å². The molecule has 27 heavy (non-hydrogen) atoms. The first kappa shape index (κ1) is 18.7. The van der Waals surface area contributed by atoms with Crippen molar-refractivity contribution < 1.29 is 18.3 Å². The Balaban J connectivity index is 2.25. The summed E-state index contributed by atoms with van der Waals surface area (Å²) >= 11 is 0. The van der Waals surface area contributed by atoms with Crippen LogP contribution in [0, 0.1) is 12.7 Å². The van der Waals surface area contributed by atoms with E-state index in [0.717, 1.165) is 33.2 Å². The van der Waals surface area contributed by atoms with E-state index in [9.17, 15) is 9.18 Å². The quantitative estimate of drug-likeness (QED) is 0.639.